The van der Waals surface area contributed by atoms with Crippen LogP contribution in [0.15, 0.2) is 29.2 Å². The van der Waals surface area contributed by atoms with Crippen LogP contribution in [0, 0.1) is 0 Å². The first-order valence-corrected chi connectivity index (χ1v) is 7.31. The van der Waals surface area contributed by atoms with Gasteiger partial charge in [-0.25, -0.2) is 13.2 Å². The summed E-state index contributed by atoms with van der Waals surface area (Å²) in [5, 5.41) is 17.5. The Labute approximate surface area is 112 Å². The fraction of sp³-hybridized carbons (Fsp3) is 0.417. The van der Waals surface area contributed by atoms with E-state index in [1.165, 1.54) is 28.6 Å². The molecule has 0 amide bonds. The normalized spacial score (nSPS) is 11.7. The first-order chi connectivity index (χ1) is 8.93. The number of carboxylic acids is 1. The third-order valence-electron chi connectivity index (χ3n) is 2.66. The molecule has 0 aliphatic heterocycles. The average molecular weight is 287 g/mol. The van der Waals surface area contributed by atoms with Crippen LogP contribution < -0.4 is 0 Å². The summed E-state index contributed by atoms with van der Waals surface area (Å²) in [4.78, 5) is 10.8. The van der Waals surface area contributed by atoms with Gasteiger partial charge in [-0.2, -0.15) is 4.31 Å². The third-order valence-corrected chi connectivity index (χ3v) is 4.65. The number of rotatable bonds is 7. The monoisotopic (exact) mass is 287 g/mol. The van der Waals surface area contributed by atoms with Gasteiger partial charge in [0.25, 0.3) is 0 Å². The van der Waals surface area contributed by atoms with Gasteiger partial charge in [-0.3, -0.25) is 0 Å². The summed E-state index contributed by atoms with van der Waals surface area (Å²) in [5.41, 5.74) is 0.0392. The van der Waals surface area contributed by atoms with Crippen molar-refractivity contribution >= 4 is 16.0 Å². The quantitative estimate of drug-likeness (QED) is 0.772. The summed E-state index contributed by atoms with van der Waals surface area (Å²) in [6, 6.07) is 5.07. The molecule has 0 heterocycles. The minimum atomic E-state index is -3.64. The van der Waals surface area contributed by atoms with Gasteiger partial charge in [-0.1, -0.05) is 6.92 Å². The zero-order chi connectivity index (χ0) is 14.5. The number of hydrogen-bond acceptors (Lipinski definition) is 4. The Hall–Kier alpha value is -1.44. The molecular formula is C12H17NO5S. The largest absolute Gasteiger partial charge is 0.478 e. The molecule has 0 bridgehead atoms. The minimum Gasteiger partial charge on any atom is -0.478 e. The summed E-state index contributed by atoms with van der Waals surface area (Å²) < 4.78 is 25.7. The zero-order valence-electron chi connectivity index (χ0n) is 10.6. The van der Waals surface area contributed by atoms with Gasteiger partial charge in [-0.15, -0.1) is 0 Å². The van der Waals surface area contributed by atoms with Crippen LogP contribution in [0.3, 0.4) is 0 Å². The van der Waals surface area contributed by atoms with Gasteiger partial charge in [0, 0.05) is 19.7 Å². The fourth-order valence-electron chi connectivity index (χ4n) is 1.61. The standard InChI is InChI=1S/C12H17NO5S/c1-2-13(8-3-9-14)19(17,18)11-6-4-10(5-7-11)12(15)16/h4-7,14H,2-3,8-9H2,1H3,(H,15,16). The van der Waals surface area contributed by atoms with Crippen molar-refractivity contribution in [2.75, 3.05) is 19.7 Å². The van der Waals surface area contributed by atoms with Crippen LogP contribution in [0.1, 0.15) is 23.7 Å². The molecule has 0 fully saturated rings. The van der Waals surface area contributed by atoms with Crippen molar-refractivity contribution in [1.82, 2.24) is 4.31 Å². The predicted octanol–water partition coefficient (Wildman–Crippen LogP) is 0.778. The Morgan fingerprint density at radius 3 is 2.26 bits per heavy atom. The maximum Gasteiger partial charge on any atom is 0.335 e. The van der Waals surface area contributed by atoms with Gasteiger partial charge in [0.2, 0.25) is 10.0 Å². The molecule has 6 nitrogen and oxygen atoms in total. The van der Waals surface area contributed by atoms with E-state index in [9.17, 15) is 13.2 Å². The number of sulfonamides is 1. The summed E-state index contributed by atoms with van der Waals surface area (Å²) in [5.74, 6) is -1.10. The lowest BCUT2D eigenvalue weighted by atomic mass is 10.2. The van der Waals surface area contributed by atoms with Crippen molar-refractivity contribution in [1.29, 1.82) is 0 Å². The second-order valence-corrected chi connectivity index (χ2v) is 5.84. The van der Waals surface area contributed by atoms with E-state index in [1.54, 1.807) is 6.92 Å². The van der Waals surface area contributed by atoms with Crippen LogP contribution in [0.25, 0.3) is 0 Å². The molecule has 1 aromatic carbocycles. The summed E-state index contributed by atoms with van der Waals surface area (Å²) in [6.45, 7) is 2.16. The van der Waals surface area contributed by atoms with Gasteiger partial charge in [0.1, 0.15) is 0 Å². The van der Waals surface area contributed by atoms with Crippen molar-refractivity contribution in [3.8, 4) is 0 Å². The van der Waals surface area contributed by atoms with Gasteiger partial charge in [-0.05, 0) is 30.7 Å². The van der Waals surface area contributed by atoms with Crippen molar-refractivity contribution < 1.29 is 23.4 Å². The molecule has 2 N–H and O–H groups in total. The number of aromatic carboxylic acids is 1. The first-order valence-electron chi connectivity index (χ1n) is 5.87. The lowest BCUT2D eigenvalue weighted by Crippen LogP contribution is -2.32. The minimum absolute atomic E-state index is 0.0392. The number of hydrogen-bond donors (Lipinski definition) is 2. The highest BCUT2D eigenvalue weighted by Gasteiger charge is 2.22. The van der Waals surface area contributed by atoms with E-state index < -0.39 is 16.0 Å². The van der Waals surface area contributed by atoms with E-state index in [0.29, 0.717) is 13.0 Å². The lowest BCUT2D eigenvalue weighted by Gasteiger charge is -2.20. The molecule has 0 atom stereocenters. The molecule has 7 heteroatoms. The van der Waals surface area contributed by atoms with Crippen LogP contribution in [0.4, 0.5) is 0 Å². The lowest BCUT2D eigenvalue weighted by molar-refractivity contribution is 0.0696. The zero-order valence-corrected chi connectivity index (χ0v) is 11.4. The van der Waals surface area contributed by atoms with E-state index in [2.05, 4.69) is 0 Å². The second kappa shape index (κ2) is 6.65. The Morgan fingerprint density at radius 2 is 1.84 bits per heavy atom. The Kier molecular flexibility index (Phi) is 5.46. The molecule has 0 aliphatic carbocycles. The highest BCUT2D eigenvalue weighted by atomic mass is 32.2. The molecule has 1 aromatic rings. The molecule has 0 saturated heterocycles. The number of benzene rings is 1. The summed E-state index contributed by atoms with van der Waals surface area (Å²) in [7, 11) is -3.64. The number of carbonyl (C=O) groups is 1. The van der Waals surface area contributed by atoms with Crippen LogP contribution in [-0.4, -0.2) is 48.6 Å². The third kappa shape index (κ3) is 3.76. The van der Waals surface area contributed by atoms with Gasteiger partial charge < -0.3 is 10.2 Å². The van der Waals surface area contributed by atoms with E-state index in [1.807, 2.05) is 0 Å². The van der Waals surface area contributed by atoms with Crippen LogP contribution in [0.2, 0.25) is 0 Å². The van der Waals surface area contributed by atoms with E-state index in [0.717, 1.165) is 0 Å². The topological polar surface area (TPSA) is 94.9 Å². The molecule has 0 aromatic heterocycles. The summed E-state index contributed by atoms with van der Waals surface area (Å²) in [6.07, 6.45) is 0.361. The Bertz CT molecular complexity index is 524. The van der Waals surface area contributed by atoms with Crippen molar-refractivity contribution in [2.45, 2.75) is 18.2 Å². The van der Waals surface area contributed by atoms with E-state index in [-0.39, 0.29) is 23.6 Å². The fourth-order valence-corrected chi connectivity index (χ4v) is 3.10. The predicted molar refractivity (Wildman–Crippen MR) is 69.5 cm³/mol. The molecule has 0 spiro atoms. The van der Waals surface area contributed by atoms with Crippen LogP contribution in [-0.2, 0) is 10.0 Å². The number of nitrogens with zero attached hydrogens (tertiary/aromatic N) is 1. The van der Waals surface area contributed by atoms with Crippen molar-refractivity contribution in [2.24, 2.45) is 0 Å². The molecule has 19 heavy (non-hydrogen) atoms. The Balaban J connectivity index is 3.01. The SMILES string of the molecule is CCN(CCCO)S(=O)(=O)c1ccc(C(=O)O)cc1. The number of carboxylic acid groups (broad SMARTS) is 1. The van der Waals surface area contributed by atoms with E-state index in [4.69, 9.17) is 10.2 Å². The van der Waals surface area contributed by atoms with Gasteiger partial charge in [0.05, 0.1) is 10.5 Å². The van der Waals surface area contributed by atoms with Crippen LogP contribution >= 0.6 is 0 Å². The Morgan fingerprint density at radius 1 is 1.26 bits per heavy atom. The number of aliphatic hydroxyl groups excluding tert-OH is 1. The first kappa shape index (κ1) is 15.6. The van der Waals surface area contributed by atoms with Crippen molar-refractivity contribution in [3.05, 3.63) is 29.8 Å². The second-order valence-electron chi connectivity index (χ2n) is 3.90. The summed E-state index contributed by atoms with van der Waals surface area (Å²) >= 11 is 0. The maximum absolute atomic E-state index is 12.2. The molecule has 106 valence electrons. The highest BCUT2D eigenvalue weighted by Crippen LogP contribution is 2.16. The van der Waals surface area contributed by atoms with Gasteiger partial charge in [0.15, 0.2) is 0 Å². The number of aliphatic hydroxyl groups is 1. The van der Waals surface area contributed by atoms with E-state index >= 15 is 0 Å². The smallest absolute Gasteiger partial charge is 0.335 e. The maximum atomic E-state index is 12.2. The molecule has 1 rings (SSSR count). The van der Waals surface area contributed by atoms with Gasteiger partial charge >= 0.3 is 5.97 Å². The molecular weight excluding hydrogens is 270 g/mol. The molecule has 0 unspecified atom stereocenters. The highest BCUT2D eigenvalue weighted by molar-refractivity contribution is 7.89. The van der Waals surface area contributed by atoms with Crippen LogP contribution in [0.5, 0.6) is 0 Å². The molecule has 0 saturated carbocycles. The van der Waals surface area contributed by atoms with Crippen molar-refractivity contribution in [3.63, 3.8) is 0 Å². The molecule has 0 radical (unpaired) electrons. The molecule has 0 aliphatic rings. The average Bonchev–Trinajstić information content (AvgIpc) is 2.39.